The quantitative estimate of drug-likeness (QED) is 0.532. The van der Waals surface area contributed by atoms with Gasteiger partial charge in [-0.2, -0.15) is 5.10 Å². The van der Waals surface area contributed by atoms with Crippen LogP contribution in [0.15, 0.2) is 41.6 Å². The number of benzene rings is 1. The van der Waals surface area contributed by atoms with Crippen LogP contribution in [0.25, 0.3) is 5.65 Å². The molecule has 29 heavy (non-hydrogen) atoms. The average molecular weight is 423 g/mol. The Bertz CT molecular complexity index is 1130. The van der Waals surface area contributed by atoms with Gasteiger partial charge in [0.2, 0.25) is 15.9 Å². The maximum Gasteiger partial charge on any atom is 0.246 e. The summed E-state index contributed by atoms with van der Waals surface area (Å²) in [4.78, 5) is 15.0. The summed E-state index contributed by atoms with van der Waals surface area (Å²) in [5, 5.41) is 6.83. The minimum Gasteiger partial charge on any atom is -0.355 e. The highest BCUT2D eigenvalue weighted by atomic mass is 32.2. The molecule has 0 saturated heterocycles. The lowest BCUT2D eigenvalue weighted by atomic mass is 10.2. The first-order chi connectivity index (χ1) is 13.8. The zero-order valence-corrected chi connectivity index (χ0v) is 16.3. The van der Waals surface area contributed by atoms with Gasteiger partial charge in [0.25, 0.3) is 0 Å². The third kappa shape index (κ3) is 5.12. The fourth-order valence-electron chi connectivity index (χ4n) is 2.72. The molecule has 0 unspecified atom stereocenters. The van der Waals surface area contributed by atoms with Gasteiger partial charge in [-0.1, -0.05) is 6.07 Å². The third-order valence-corrected chi connectivity index (χ3v) is 5.52. The molecule has 0 radical (unpaired) electrons. The molecule has 11 heteroatoms. The van der Waals surface area contributed by atoms with Crippen molar-refractivity contribution in [1.29, 1.82) is 0 Å². The topological polar surface area (TPSA) is 105 Å². The van der Waals surface area contributed by atoms with Gasteiger partial charge >= 0.3 is 0 Å². The molecule has 8 nitrogen and oxygen atoms in total. The second-order valence-electron chi connectivity index (χ2n) is 6.38. The molecular weight excluding hydrogens is 404 g/mol. The predicted octanol–water partition coefficient (Wildman–Crippen LogP) is 1.34. The van der Waals surface area contributed by atoms with Crippen molar-refractivity contribution in [3.8, 4) is 0 Å². The number of sulfonamides is 1. The monoisotopic (exact) mass is 423 g/mol. The van der Waals surface area contributed by atoms with Gasteiger partial charge in [0, 0.05) is 25.0 Å². The minimum atomic E-state index is -4.49. The van der Waals surface area contributed by atoms with E-state index in [1.54, 1.807) is 10.7 Å². The van der Waals surface area contributed by atoms with Gasteiger partial charge in [0.1, 0.15) is 11.6 Å². The zero-order valence-electron chi connectivity index (χ0n) is 15.5. The number of fused-ring (bicyclic) bond motifs is 1. The van der Waals surface area contributed by atoms with Crippen molar-refractivity contribution in [2.45, 2.75) is 24.7 Å². The molecule has 2 aromatic heterocycles. The number of hydrogen-bond acceptors (Lipinski definition) is 5. The molecule has 0 fully saturated rings. The van der Waals surface area contributed by atoms with Crippen molar-refractivity contribution in [1.82, 2.24) is 24.6 Å². The van der Waals surface area contributed by atoms with E-state index >= 15 is 0 Å². The van der Waals surface area contributed by atoms with Gasteiger partial charge in [0.15, 0.2) is 10.5 Å². The summed E-state index contributed by atoms with van der Waals surface area (Å²) >= 11 is 0. The van der Waals surface area contributed by atoms with Crippen LogP contribution < -0.4 is 10.0 Å². The molecular formula is C18H19F2N5O3S. The van der Waals surface area contributed by atoms with Crippen molar-refractivity contribution in [2.24, 2.45) is 0 Å². The van der Waals surface area contributed by atoms with Crippen LogP contribution in [0.5, 0.6) is 0 Å². The van der Waals surface area contributed by atoms with Gasteiger partial charge in [0.05, 0.1) is 12.2 Å². The predicted molar refractivity (Wildman–Crippen MR) is 101 cm³/mol. The lowest BCUT2D eigenvalue weighted by Gasteiger charge is -2.09. The molecule has 0 aliphatic rings. The summed E-state index contributed by atoms with van der Waals surface area (Å²) in [6, 6.07) is 4.57. The van der Waals surface area contributed by atoms with E-state index < -0.39 is 39.0 Å². The Morgan fingerprint density at radius 2 is 1.97 bits per heavy atom. The first-order valence-electron chi connectivity index (χ1n) is 8.77. The Kier molecular flexibility index (Phi) is 6.18. The second-order valence-corrected chi connectivity index (χ2v) is 8.08. The Labute approximate surface area is 166 Å². The normalized spacial score (nSPS) is 11.7. The molecule has 2 heterocycles. The second kappa shape index (κ2) is 8.62. The first-order valence-corrected chi connectivity index (χ1v) is 10.3. The van der Waals surface area contributed by atoms with Crippen molar-refractivity contribution < 1.29 is 22.0 Å². The van der Waals surface area contributed by atoms with Gasteiger partial charge in [-0.15, -0.1) is 0 Å². The van der Waals surface area contributed by atoms with Crippen LogP contribution in [0, 0.1) is 18.6 Å². The molecule has 0 spiro atoms. The van der Waals surface area contributed by atoms with Crippen molar-refractivity contribution >= 4 is 21.6 Å². The Balaban J connectivity index is 1.46. The number of halogens is 2. The maximum atomic E-state index is 13.6. The lowest BCUT2D eigenvalue weighted by molar-refractivity contribution is -0.119. The summed E-state index contributed by atoms with van der Waals surface area (Å²) < 4.78 is 54.8. The fraction of sp³-hybridized carbons (Fsp3) is 0.278. The van der Waals surface area contributed by atoms with E-state index in [2.05, 4.69) is 15.4 Å². The van der Waals surface area contributed by atoms with Crippen LogP contribution in [0.1, 0.15) is 17.7 Å². The SMILES string of the molecule is Cc1cc2ncc(CCCNC(=O)CNS(=O)(=O)c3c(F)cccc3F)cn2n1. The van der Waals surface area contributed by atoms with Gasteiger partial charge < -0.3 is 5.32 Å². The molecule has 0 aliphatic carbocycles. The van der Waals surface area contributed by atoms with Gasteiger partial charge in [-0.3, -0.25) is 4.79 Å². The molecule has 3 rings (SSSR count). The minimum absolute atomic E-state index is 0.296. The molecule has 1 aromatic carbocycles. The van der Waals surface area contributed by atoms with Gasteiger partial charge in [-0.05, 0) is 37.5 Å². The molecule has 0 aliphatic heterocycles. The number of hydrogen-bond donors (Lipinski definition) is 2. The highest BCUT2D eigenvalue weighted by Crippen LogP contribution is 2.17. The summed E-state index contributed by atoms with van der Waals surface area (Å²) in [6.07, 6.45) is 4.81. The van der Waals surface area contributed by atoms with Gasteiger partial charge in [-0.25, -0.2) is 31.4 Å². The van der Waals surface area contributed by atoms with E-state index in [4.69, 9.17) is 0 Å². The smallest absolute Gasteiger partial charge is 0.246 e. The van der Waals surface area contributed by atoms with E-state index in [0.717, 1.165) is 35.1 Å². The molecule has 154 valence electrons. The lowest BCUT2D eigenvalue weighted by Crippen LogP contribution is -2.37. The Morgan fingerprint density at radius 1 is 1.24 bits per heavy atom. The highest BCUT2D eigenvalue weighted by Gasteiger charge is 2.24. The van der Waals surface area contributed by atoms with Crippen LogP contribution in [-0.2, 0) is 21.2 Å². The van der Waals surface area contributed by atoms with E-state index in [1.165, 1.54) is 0 Å². The summed E-state index contributed by atoms with van der Waals surface area (Å²) in [6.45, 7) is 1.54. The van der Waals surface area contributed by atoms with E-state index in [-0.39, 0.29) is 0 Å². The van der Waals surface area contributed by atoms with E-state index in [1.807, 2.05) is 23.9 Å². The molecule has 0 saturated carbocycles. The molecule has 0 bridgehead atoms. The highest BCUT2D eigenvalue weighted by molar-refractivity contribution is 7.89. The number of carbonyl (C=O) groups excluding carboxylic acids is 1. The number of aromatic nitrogens is 3. The van der Waals surface area contributed by atoms with E-state index in [9.17, 15) is 22.0 Å². The van der Waals surface area contributed by atoms with Crippen LogP contribution >= 0.6 is 0 Å². The number of nitrogens with zero attached hydrogens (tertiary/aromatic N) is 3. The molecule has 0 atom stereocenters. The van der Waals surface area contributed by atoms with Crippen molar-refractivity contribution in [3.63, 3.8) is 0 Å². The summed E-state index contributed by atoms with van der Waals surface area (Å²) in [7, 11) is -4.49. The summed E-state index contributed by atoms with van der Waals surface area (Å²) in [5.41, 5.74) is 2.54. The van der Waals surface area contributed by atoms with Crippen LogP contribution in [0.4, 0.5) is 8.78 Å². The number of carbonyl (C=O) groups is 1. The molecule has 1 amide bonds. The molecule has 3 aromatic rings. The fourth-order valence-corrected chi connectivity index (χ4v) is 3.83. The Hall–Kier alpha value is -2.92. The van der Waals surface area contributed by atoms with Crippen LogP contribution in [0.3, 0.4) is 0 Å². The number of nitrogens with one attached hydrogen (secondary N) is 2. The number of rotatable bonds is 8. The number of aryl methyl sites for hydroxylation is 2. The molecule has 2 N–H and O–H groups in total. The van der Waals surface area contributed by atoms with Crippen LogP contribution in [-0.4, -0.2) is 42.0 Å². The first kappa shape index (κ1) is 20.8. The summed E-state index contributed by atoms with van der Waals surface area (Å²) in [5.74, 6) is -3.06. The standard InChI is InChI=1S/C18H19F2N5O3S/c1-12-8-16-22-9-13(11-25(16)24-12)4-3-7-21-17(26)10-23-29(27,28)18-14(19)5-2-6-15(18)20/h2,5-6,8-9,11,23H,3-4,7,10H2,1H3,(H,21,26). The van der Waals surface area contributed by atoms with E-state index in [0.29, 0.717) is 19.4 Å². The Morgan fingerprint density at radius 3 is 2.69 bits per heavy atom. The average Bonchev–Trinajstić information content (AvgIpc) is 3.02. The largest absolute Gasteiger partial charge is 0.355 e. The van der Waals surface area contributed by atoms with Crippen molar-refractivity contribution in [3.05, 3.63) is 59.6 Å². The van der Waals surface area contributed by atoms with Crippen molar-refractivity contribution in [2.75, 3.05) is 13.1 Å². The zero-order chi connectivity index (χ0) is 21.0. The third-order valence-electron chi connectivity index (χ3n) is 4.06. The maximum absolute atomic E-state index is 13.6. The van der Waals surface area contributed by atoms with Crippen LogP contribution in [0.2, 0.25) is 0 Å². The number of amides is 1.